The van der Waals surface area contributed by atoms with Crippen LogP contribution in [0.4, 0.5) is 0 Å². The summed E-state index contributed by atoms with van der Waals surface area (Å²) in [6.45, 7) is 0. The van der Waals surface area contributed by atoms with Crippen LogP contribution in [0.15, 0.2) is 30.3 Å². The molecule has 0 spiro atoms. The van der Waals surface area contributed by atoms with Gasteiger partial charge in [-0.25, -0.2) is 0 Å². The van der Waals surface area contributed by atoms with E-state index in [-0.39, 0.29) is 11.9 Å². The number of rotatable bonds is 4. The van der Waals surface area contributed by atoms with E-state index in [1.165, 1.54) is 0 Å². The van der Waals surface area contributed by atoms with Gasteiger partial charge >= 0.3 is 0 Å². The van der Waals surface area contributed by atoms with Crippen molar-refractivity contribution in [2.75, 3.05) is 14.2 Å². The van der Waals surface area contributed by atoms with Gasteiger partial charge in [-0.2, -0.15) is 0 Å². The lowest BCUT2D eigenvalue weighted by Gasteiger charge is -2.34. The predicted molar refractivity (Wildman–Crippen MR) is 83.1 cm³/mol. The van der Waals surface area contributed by atoms with Crippen molar-refractivity contribution in [3.8, 4) is 5.75 Å². The van der Waals surface area contributed by atoms with Crippen LogP contribution < -0.4 is 4.74 Å². The van der Waals surface area contributed by atoms with Gasteiger partial charge in [-0.05, 0) is 25.0 Å². The first-order chi connectivity index (χ1) is 10.1. The highest BCUT2D eigenvalue weighted by molar-refractivity contribution is 5.92. The van der Waals surface area contributed by atoms with Crippen LogP contribution in [0.2, 0.25) is 0 Å². The van der Waals surface area contributed by atoms with Gasteiger partial charge in [0.25, 0.3) is 0 Å². The zero-order chi connectivity index (χ0) is 15.2. The van der Waals surface area contributed by atoms with Crippen molar-refractivity contribution in [1.29, 1.82) is 0 Å². The minimum absolute atomic E-state index is 0.0754. The summed E-state index contributed by atoms with van der Waals surface area (Å²) in [7, 11) is 3.37. The SMILES string of the molecule is COc1ccccc1/C=C/C(=O)N(C)C1CCCCC1O. The number of hydrogen-bond acceptors (Lipinski definition) is 3. The molecule has 1 aromatic carbocycles. The molecule has 114 valence electrons. The molecule has 1 aliphatic carbocycles. The third-order valence-corrected chi connectivity index (χ3v) is 4.08. The minimum Gasteiger partial charge on any atom is -0.496 e. The lowest BCUT2D eigenvalue weighted by Crippen LogP contribution is -2.45. The van der Waals surface area contributed by atoms with Crippen molar-refractivity contribution in [2.24, 2.45) is 0 Å². The van der Waals surface area contributed by atoms with Gasteiger partial charge in [0.05, 0.1) is 19.3 Å². The van der Waals surface area contributed by atoms with Crippen molar-refractivity contribution in [3.05, 3.63) is 35.9 Å². The Balaban J connectivity index is 2.04. The fraction of sp³-hybridized carbons (Fsp3) is 0.471. The fourth-order valence-electron chi connectivity index (χ4n) is 2.79. The molecule has 21 heavy (non-hydrogen) atoms. The standard InChI is InChI=1S/C17H23NO3/c1-18(14-8-4-5-9-15(14)19)17(20)12-11-13-7-3-6-10-16(13)21-2/h3,6-7,10-12,14-15,19H,4-5,8-9H2,1-2H3/b12-11+. The fourth-order valence-corrected chi connectivity index (χ4v) is 2.79. The number of amides is 1. The first-order valence-corrected chi connectivity index (χ1v) is 7.39. The van der Waals surface area contributed by atoms with Gasteiger partial charge in [-0.15, -0.1) is 0 Å². The van der Waals surface area contributed by atoms with Crippen LogP contribution in [0.3, 0.4) is 0 Å². The van der Waals surface area contributed by atoms with Crippen LogP contribution in [0, 0.1) is 0 Å². The lowest BCUT2D eigenvalue weighted by molar-refractivity contribution is -0.130. The number of para-hydroxylation sites is 1. The molecular formula is C17H23NO3. The molecule has 1 amide bonds. The summed E-state index contributed by atoms with van der Waals surface area (Å²) in [6.07, 6.45) is 6.63. The van der Waals surface area contributed by atoms with E-state index in [9.17, 15) is 9.90 Å². The smallest absolute Gasteiger partial charge is 0.246 e. The van der Waals surface area contributed by atoms with Crippen LogP contribution in [0.5, 0.6) is 5.75 Å². The average Bonchev–Trinajstić information content (AvgIpc) is 2.52. The van der Waals surface area contributed by atoms with Gasteiger partial charge in [0.15, 0.2) is 0 Å². The Hall–Kier alpha value is -1.81. The molecule has 1 N–H and O–H groups in total. The van der Waals surface area contributed by atoms with E-state index < -0.39 is 6.10 Å². The molecule has 4 nitrogen and oxygen atoms in total. The third kappa shape index (κ3) is 3.85. The van der Waals surface area contributed by atoms with E-state index in [1.54, 1.807) is 31.2 Å². The minimum atomic E-state index is -0.410. The molecule has 2 atom stereocenters. The summed E-state index contributed by atoms with van der Waals surface area (Å²) >= 11 is 0. The molecule has 1 aromatic rings. The largest absolute Gasteiger partial charge is 0.496 e. The Labute approximate surface area is 126 Å². The van der Waals surface area contributed by atoms with Crippen LogP contribution in [0.1, 0.15) is 31.2 Å². The van der Waals surface area contributed by atoms with E-state index in [2.05, 4.69) is 0 Å². The quantitative estimate of drug-likeness (QED) is 0.866. The average molecular weight is 289 g/mol. The molecule has 4 heteroatoms. The molecule has 1 fully saturated rings. The van der Waals surface area contributed by atoms with E-state index in [4.69, 9.17) is 4.74 Å². The molecule has 1 aliphatic rings. The van der Waals surface area contributed by atoms with Gasteiger partial charge in [0.1, 0.15) is 5.75 Å². The highest BCUT2D eigenvalue weighted by Crippen LogP contribution is 2.23. The molecule has 2 unspecified atom stereocenters. The summed E-state index contributed by atoms with van der Waals surface area (Å²) < 4.78 is 5.26. The Kier molecular flexibility index (Phi) is 5.39. The highest BCUT2D eigenvalue weighted by atomic mass is 16.5. The molecule has 0 heterocycles. The Morgan fingerprint density at radius 3 is 2.76 bits per heavy atom. The summed E-state index contributed by atoms with van der Waals surface area (Å²) in [5.74, 6) is 0.647. The van der Waals surface area contributed by atoms with E-state index in [1.807, 2.05) is 24.3 Å². The second-order valence-corrected chi connectivity index (χ2v) is 5.44. The number of benzene rings is 1. The molecule has 0 radical (unpaired) electrons. The number of nitrogens with zero attached hydrogens (tertiary/aromatic N) is 1. The zero-order valence-electron chi connectivity index (χ0n) is 12.7. The van der Waals surface area contributed by atoms with Crippen molar-refractivity contribution >= 4 is 12.0 Å². The summed E-state index contributed by atoms with van der Waals surface area (Å²) in [5.41, 5.74) is 0.867. The van der Waals surface area contributed by atoms with Crippen molar-refractivity contribution in [1.82, 2.24) is 4.90 Å². The van der Waals surface area contributed by atoms with Gasteiger partial charge in [-0.3, -0.25) is 4.79 Å². The number of carbonyl (C=O) groups excluding carboxylic acids is 1. The number of aliphatic hydroxyl groups excluding tert-OH is 1. The maximum absolute atomic E-state index is 12.2. The number of hydrogen-bond donors (Lipinski definition) is 1. The first kappa shape index (κ1) is 15.6. The normalized spacial score (nSPS) is 22.2. The number of carbonyl (C=O) groups is 1. The Morgan fingerprint density at radius 1 is 1.33 bits per heavy atom. The maximum atomic E-state index is 12.2. The molecule has 0 aromatic heterocycles. The molecule has 0 aliphatic heterocycles. The number of aliphatic hydroxyl groups is 1. The van der Waals surface area contributed by atoms with Gasteiger partial charge in [0, 0.05) is 18.7 Å². The lowest BCUT2D eigenvalue weighted by atomic mass is 9.91. The monoisotopic (exact) mass is 289 g/mol. The highest BCUT2D eigenvalue weighted by Gasteiger charge is 2.28. The first-order valence-electron chi connectivity index (χ1n) is 7.39. The summed E-state index contributed by atoms with van der Waals surface area (Å²) in [5, 5.41) is 10.0. The Bertz CT molecular complexity index is 513. The molecule has 1 saturated carbocycles. The molecule has 2 rings (SSSR count). The van der Waals surface area contributed by atoms with Gasteiger partial charge in [0.2, 0.25) is 5.91 Å². The second-order valence-electron chi connectivity index (χ2n) is 5.44. The van der Waals surface area contributed by atoms with Crippen LogP contribution in [-0.2, 0) is 4.79 Å². The molecular weight excluding hydrogens is 266 g/mol. The summed E-state index contributed by atoms with van der Waals surface area (Å²) in [6, 6.07) is 7.48. The topological polar surface area (TPSA) is 49.8 Å². The molecule has 0 bridgehead atoms. The van der Waals surface area contributed by atoms with E-state index in [0.29, 0.717) is 0 Å². The van der Waals surface area contributed by atoms with Crippen LogP contribution in [0.25, 0.3) is 6.08 Å². The second kappa shape index (κ2) is 7.27. The Morgan fingerprint density at radius 2 is 2.05 bits per heavy atom. The van der Waals surface area contributed by atoms with Gasteiger partial charge < -0.3 is 14.7 Å². The van der Waals surface area contributed by atoms with Gasteiger partial charge in [-0.1, -0.05) is 31.0 Å². The van der Waals surface area contributed by atoms with Crippen molar-refractivity contribution in [3.63, 3.8) is 0 Å². The maximum Gasteiger partial charge on any atom is 0.246 e. The van der Waals surface area contributed by atoms with E-state index >= 15 is 0 Å². The van der Waals surface area contributed by atoms with Crippen molar-refractivity contribution < 1.29 is 14.6 Å². The zero-order valence-corrected chi connectivity index (χ0v) is 12.7. The van der Waals surface area contributed by atoms with Crippen molar-refractivity contribution in [2.45, 2.75) is 37.8 Å². The molecule has 0 saturated heterocycles. The number of ether oxygens (including phenoxy) is 1. The van der Waals surface area contributed by atoms with Crippen LogP contribution >= 0.6 is 0 Å². The predicted octanol–water partition coefficient (Wildman–Crippen LogP) is 2.47. The van der Waals surface area contributed by atoms with Crippen LogP contribution in [-0.4, -0.2) is 42.2 Å². The summed E-state index contributed by atoms with van der Waals surface area (Å²) in [4.78, 5) is 13.9. The van der Waals surface area contributed by atoms with E-state index in [0.717, 1.165) is 37.0 Å². The third-order valence-electron chi connectivity index (χ3n) is 4.08. The number of likely N-dealkylation sites (N-methyl/N-ethyl adjacent to an activating group) is 1. The number of methoxy groups -OCH3 is 1.